The summed E-state index contributed by atoms with van der Waals surface area (Å²) >= 11 is 0. The Morgan fingerprint density at radius 1 is 1.21 bits per heavy atom. The molecule has 1 aliphatic rings. The van der Waals surface area contributed by atoms with E-state index in [1.54, 1.807) is 0 Å². The molecule has 0 aromatic rings. The average Bonchev–Trinajstić information content (AvgIpc) is 2.71. The Labute approximate surface area is 119 Å². The highest BCUT2D eigenvalue weighted by molar-refractivity contribution is 7.91. The third kappa shape index (κ3) is 6.26. The van der Waals surface area contributed by atoms with Crippen molar-refractivity contribution >= 4 is 9.84 Å². The van der Waals surface area contributed by atoms with Crippen molar-refractivity contribution in [1.82, 2.24) is 5.32 Å². The summed E-state index contributed by atoms with van der Waals surface area (Å²) in [5.74, 6) is 1.98. The molecule has 3 nitrogen and oxygen atoms in total. The van der Waals surface area contributed by atoms with Gasteiger partial charge in [0.25, 0.3) is 0 Å². The third-order valence-electron chi connectivity index (χ3n) is 4.40. The van der Waals surface area contributed by atoms with Crippen molar-refractivity contribution in [1.29, 1.82) is 0 Å². The third-order valence-corrected chi connectivity index (χ3v) is 6.24. The van der Waals surface area contributed by atoms with E-state index < -0.39 is 9.84 Å². The largest absolute Gasteiger partial charge is 0.314 e. The van der Waals surface area contributed by atoms with Crippen LogP contribution in [0, 0.1) is 11.8 Å². The highest BCUT2D eigenvalue weighted by Crippen LogP contribution is 2.26. The van der Waals surface area contributed by atoms with Gasteiger partial charge in [-0.2, -0.15) is 0 Å². The summed E-state index contributed by atoms with van der Waals surface area (Å²) < 4.78 is 23.1. The molecule has 1 saturated heterocycles. The Kier molecular flexibility index (Phi) is 7.37. The molecule has 2 atom stereocenters. The van der Waals surface area contributed by atoms with E-state index in [2.05, 4.69) is 26.1 Å². The maximum atomic E-state index is 11.6. The molecule has 1 fully saturated rings. The minimum atomic E-state index is -2.73. The Bertz CT molecular complexity index is 336. The number of nitrogens with one attached hydrogen (secondary N) is 1. The number of sulfone groups is 1. The second-order valence-electron chi connectivity index (χ2n) is 6.07. The monoisotopic (exact) mass is 289 g/mol. The van der Waals surface area contributed by atoms with Gasteiger partial charge in [-0.05, 0) is 44.1 Å². The van der Waals surface area contributed by atoms with Gasteiger partial charge in [-0.25, -0.2) is 8.42 Å². The van der Waals surface area contributed by atoms with Crippen LogP contribution in [-0.2, 0) is 9.84 Å². The molecular formula is C15H31NO2S. The first-order valence-corrected chi connectivity index (χ1v) is 9.76. The summed E-state index contributed by atoms with van der Waals surface area (Å²) in [5, 5.41) is 3.63. The van der Waals surface area contributed by atoms with Gasteiger partial charge in [0.05, 0.1) is 11.5 Å². The Balaban J connectivity index is 2.49. The molecule has 0 aromatic carbocycles. The van der Waals surface area contributed by atoms with Crippen LogP contribution in [0.2, 0.25) is 0 Å². The van der Waals surface area contributed by atoms with Crippen molar-refractivity contribution in [3.63, 3.8) is 0 Å². The molecule has 2 unspecified atom stereocenters. The summed E-state index contributed by atoms with van der Waals surface area (Å²) in [6, 6.07) is 0.503. The zero-order valence-electron chi connectivity index (χ0n) is 12.8. The van der Waals surface area contributed by atoms with E-state index in [-0.39, 0.29) is 0 Å². The predicted octanol–water partition coefficient (Wildman–Crippen LogP) is 3.01. The Morgan fingerprint density at radius 2 is 1.89 bits per heavy atom. The van der Waals surface area contributed by atoms with E-state index in [4.69, 9.17) is 0 Å². The second kappa shape index (κ2) is 8.25. The molecule has 114 valence electrons. The Hall–Kier alpha value is -0.0900. The van der Waals surface area contributed by atoms with Crippen molar-refractivity contribution in [2.24, 2.45) is 11.8 Å². The van der Waals surface area contributed by atoms with Gasteiger partial charge in [-0.3, -0.25) is 0 Å². The SMILES string of the molecule is CCCNC(CC(CC)CC)CC1CCS(=O)(=O)C1. The van der Waals surface area contributed by atoms with Gasteiger partial charge in [0.2, 0.25) is 0 Å². The van der Waals surface area contributed by atoms with E-state index in [0.717, 1.165) is 31.7 Å². The summed E-state index contributed by atoms with van der Waals surface area (Å²) in [7, 11) is -2.73. The van der Waals surface area contributed by atoms with Crippen molar-refractivity contribution in [2.75, 3.05) is 18.1 Å². The number of rotatable bonds is 9. The van der Waals surface area contributed by atoms with Gasteiger partial charge < -0.3 is 5.32 Å². The summed E-state index contributed by atoms with van der Waals surface area (Å²) in [4.78, 5) is 0. The van der Waals surface area contributed by atoms with E-state index in [0.29, 0.717) is 23.5 Å². The van der Waals surface area contributed by atoms with Gasteiger partial charge >= 0.3 is 0 Å². The lowest BCUT2D eigenvalue weighted by Crippen LogP contribution is -2.34. The first kappa shape index (κ1) is 17.0. The van der Waals surface area contributed by atoms with Crippen LogP contribution < -0.4 is 5.32 Å². The highest BCUT2D eigenvalue weighted by Gasteiger charge is 2.30. The van der Waals surface area contributed by atoms with Crippen LogP contribution in [0.5, 0.6) is 0 Å². The molecule has 1 N–H and O–H groups in total. The van der Waals surface area contributed by atoms with Gasteiger partial charge in [0.15, 0.2) is 9.84 Å². The van der Waals surface area contributed by atoms with Gasteiger partial charge in [0.1, 0.15) is 0 Å². The average molecular weight is 289 g/mol. The van der Waals surface area contributed by atoms with Crippen LogP contribution in [0.25, 0.3) is 0 Å². The fourth-order valence-corrected chi connectivity index (χ4v) is 4.98. The molecule has 1 heterocycles. The smallest absolute Gasteiger partial charge is 0.150 e. The first-order chi connectivity index (χ1) is 9.00. The van der Waals surface area contributed by atoms with E-state index in [1.807, 2.05) is 0 Å². The molecule has 0 aliphatic carbocycles. The number of hydrogen-bond acceptors (Lipinski definition) is 3. The van der Waals surface area contributed by atoms with Crippen molar-refractivity contribution < 1.29 is 8.42 Å². The lowest BCUT2D eigenvalue weighted by Gasteiger charge is -2.25. The van der Waals surface area contributed by atoms with E-state index >= 15 is 0 Å². The number of hydrogen-bond donors (Lipinski definition) is 1. The van der Waals surface area contributed by atoms with Gasteiger partial charge in [0, 0.05) is 6.04 Å². The molecule has 0 bridgehead atoms. The Morgan fingerprint density at radius 3 is 2.37 bits per heavy atom. The standard InChI is InChI=1S/C15H31NO2S/c1-4-8-16-15(10-13(5-2)6-3)11-14-7-9-19(17,18)12-14/h13-16H,4-12H2,1-3H3. The lowest BCUT2D eigenvalue weighted by atomic mass is 9.89. The van der Waals surface area contributed by atoms with Crippen molar-refractivity contribution in [3.05, 3.63) is 0 Å². The van der Waals surface area contributed by atoms with Gasteiger partial charge in [-0.15, -0.1) is 0 Å². The summed E-state index contributed by atoms with van der Waals surface area (Å²) in [6.07, 6.45) is 6.70. The second-order valence-corrected chi connectivity index (χ2v) is 8.30. The first-order valence-electron chi connectivity index (χ1n) is 7.94. The van der Waals surface area contributed by atoms with Gasteiger partial charge in [-0.1, -0.05) is 33.6 Å². The minimum Gasteiger partial charge on any atom is -0.314 e. The van der Waals surface area contributed by atoms with Crippen LogP contribution in [0.4, 0.5) is 0 Å². The molecule has 0 radical (unpaired) electrons. The summed E-state index contributed by atoms with van der Waals surface area (Å²) in [5.41, 5.74) is 0. The topological polar surface area (TPSA) is 46.2 Å². The molecule has 1 aliphatic heterocycles. The molecule has 19 heavy (non-hydrogen) atoms. The summed E-state index contributed by atoms with van der Waals surface area (Å²) in [6.45, 7) is 7.74. The molecule has 0 amide bonds. The molecule has 0 saturated carbocycles. The van der Waals surface area contributed by atoms with Crippen LogP contribution in [0.3, 0.4) is 0 Å². The maximum Gasteiger partial charge on any atom is 0.150 e. The van der Waals surface area contributed by atoms with E-state index in [9.17, 15) is 8.42 Å². The zero-order chi connectivity index (χ0) is 14.3. The lowest BCUT2D eigenvalue weighted by molar-refractivity contribution is 0.321. The molecule has 4 heteroatoms. The maximum absolute atomic E-state index is 11.6. The molecular weight excluding hydrogens is 258 g/mol. The fraction of sp³-hybridized carbons (Fsp3) is 1.00. The molecule has 0 aromatic heterocycles. The van der Waals surface area contributed by atoms with Crippen LogP contribution >= 0.6 is 0 Å². The van der Waals surface area contributed by atoms with E-state index in [1.165, 1.54) is 19.3 Å². The van der Waals surface area contributed by atoms with Crippen LogP contribution in [-0.4, -0.2) is 32.5 Å². The minimum absolute atomic E-state index is 0.383. The van der Waals surface area contributed by atoms with Crippen LogP contribution in [0.1, 0.15) is 59.3 Å². The molecule has 0 spiro atoms. The van der Waals surface area contributed by atoms with Crippen LogP contribution in [0.15, 0.2) is 0 Å². The molecule has 1 rings (SSSR count). The predicted molar refractivity (Wildman–Crippen MR) is 82.1 cm³/mol. The fourth-order valence-electron chi connectivity index (χ4n) is 3.10. The van der Waals surface area contributed by atoms with Crippen molar-refractivity contribution in [2.45, 2.75) is 65.3 Å². The van der Waals surface area contributed by atoms with Crippen molar-refractivity contribution in [3.8, 4) is 0 Å². The highest BCUT2D eigenvalue weighted by atomic mass is 32.2. The normalized spacial score (nSPS) is 23.9. The zero-order valence-corrected chi connectivity index (χ0v) is 13.6. The quantitative estimate of drug-likeness (QED) is 0.710.